The molecule has 1 aromatic heterocycles. The zero-order valence-electron chi connectivity index (χ0n) is 10.5. The van der Waals surface area contributed by atoms with E-state index in [1.54, 1.807) is 48.7 Å². The first kappa shape index (κ1) is 12.2. The van der Waals surface area contributed by atoms with Crippen LogP contribution in [-0.2, 0) is 0 Å². The Kier molecular flexibility index (Phi) is 2.84. The third kappa shape index (κ3) is 1.87. The van der Waals surface area contributed by atoms with Crippen LogP contribution < -0.4 is 0 Å². The number of hydrogen-bond donors (Lipinski definition) is 1. The third-order valence-corrected chi connectivity index (χ3v) is 3.20. The van der Waals surface area contributed by atoms with E-state index in [0.717, 1.165) is 0 Å². The smallest absolute Gasteiger partial charge is 0.336 e. The molecular weight excluding hydrogens is 254 g/mol. The monoisotopic (exact) mass is 265 g/mol. The molecule has 98 valence electrons. The molecule has 1 N–H and O–H groups in total. The van der Waals surface area contributed by atoms with Crippen LogP contribution in [0.5, 0.6) is 0 Å². The average Bonchev–Trinajstić information content (AvgIpc) is 2.91. The summed E-state index contributed by atoms with van der Waals surface area (Å²) >= 11 is 0. The largest absolute Gasteiger partial charge is 0.478 e. The molecule has 0 aliphatic carbocycles. The number of aromatic nitrogens is 1. The molecule has 0 radical (unpaired) electrons. The number of hydrogen-bond acceptors (Lipinski definition) is 2. The molecule has 0 spiro atoms. The highest BCUT2D eigenvalue weighted by atomic mass is 16.4. The number of carbonyl (C=O) groups is 2. The van der Waals surface area contributed by atoms with Crippen molar-refractivity contribution in [3.8, 4) is 0 Å². The van der Waals surface area contributed by atoms with E-state index >= 15 is 0 Å². The van der Waals surface area contributed by atoms with Crippen LogP contribution in [0, 0.1) is 0 Å². The van der Waals surface area contributed by atoms with Gasteiger partial charge in [0.1, 0.15) is 0 Å². The quantitative estimate of drug-likeness (QED) is 0.774. The SMILES string of the molecule is O=C(O)c1cccc2c1ccn2C(=O)c1ccccc1. The Morgan fingerprint density at radius 1 is 0.900 bits per heavy atom. The van der Waals surface area contributed by atoms with Gasteiger partial charge in [0.2, 0.25) is 0 Å². The first-order valence-electron chi connectivity index (χ1n) is 6.11. The van der Waals surface area contributed by atoms with E-state index in [2.05, 4.69) is 0 Å². The molecule has 3 aromatic rings. The minimum Gasteiger partial charge on any atom is -0.478 e. The highest BCUT2D eigenvalue weighted by Crippen LogP contribution is 2.21. The Hall–Kier alpha value is -2.88. The number of benzene rings is 2. The lowest BCUT2D eigenvalue weighted by molar-refractivity contribution is 0.0698. The molecule has 4 heteroatoms. The number of carboxylic acid groups (broad SMARTS) is 1. The molecule has 0 unspecified atom stereocenters. The van der Waals surface area contributed by atoms with E-state index in [9.17, 15) is 9.59 Å². The van der Waals surface area contributed by atoms with Gasteiger partial charge < -0.3 is 5.11 Å². The van der Waals surface area contributed by atoms with Gasteiger partial charge in [0, 0.05) is 17.1 Å². The summed E-state index contributed by atoms with van der Waals surface area (Å²) in [4.78, 5) is 23.6. The number of carboxylic acids is 1. The van der Waals surface area contributed by atoms with E-state index in [4.69, 9.17) is 5.11 Å². The summed E-state index contributed by atoms with van der Waals surface area (Å²) in [5.74, 6) is -1.18. The molecule has 4 nitrogen and oxygen atoms in total. The van der Waals surface area contributed by atoms with Crippen LogP contribution >= 0.6 is 0 Å². The predicted molar refractivity (Wildman–Crippen MR) is 75.1 cm³/mol. The Morgan fingerprint density at radius 2 is 1.65 bits per heavy atom. The van der Waals surface area contributed by atoms with Crippen molar-refractivity contribution in [2.24, 2.45) is 0 Å². The van der Waals surface area contributed by atoms with Crippen LogP contribution in [0.15, 0.2) is 60.8 Å². The van der Waals surface area contributed by atoms with Gasteiger partial charge in [0.25, 0.3) is 5.91 Å². The molecular formula is C16H11NO3. The first-order valence-corrected chi connectivity index (χ1v) is 6.11. The highest BCUT2D eigenvalue weighted by Gasteiger charge is 2.15. The summed E-state index contributed by atoms with van der Waals surface area (Å²) in [6, 6.07) is 15.4. The van der Waals surface area contributed by atoms with Gasteiger partial charge in [-0.1, -0.05) is 24.3 Å². The molecule has 3 rings (SSSR count). The zero-order chi connectivity index (χ0) is 14.1. The minimum absolute atomic E-state index is 0.178. The van der Waals surface area contributed by atoms with Crippen LogP contribution in [-0.4, -0.2) is 21.6 Å². The van der Waals surface area contributed by atoms with Gasteiger partial charge in [-0.25, -0.2) is 4.79 Å². The summed E-state index contributed by atoms with van der Waals surface area (Å²) in [5, 5.41) is 9.71. The fraction of sp³-hybridized carbons (Fsp3) is 0. The van der Waals surface area contributed by atoms with Crippen molar-refractivity contribution in [2.75, 3.05) is 0 Å². The molecule has 0 aliphatic rings. The summed E-state index contributed by atoms with van der Waals surface area (Å²) in [5.41, 5.74) is 1.35. The van der Waals surface area contributed by atoms with Gasteiger partial charge in [0.05, 0.1) is 11.1 Å². The third-order valence-electron chi connectivity index (χ3n) is 3.20. The maximum atomic E-state index is 12.4. The van der Waals surface area contributed by atoms with E-state index in [-0.39, 0.29) is 11.5 Å². The van der Waals surface area contributed by atoms with Crippen molar-refractivity contribution in [2.45, 2.75) is 0 Å². The summed E-state index contributed by atoms with van der Waals surface area (Å²) < 4.78 is 1.47. The summed E-state index contributed by atoms with van der Waals surface area (Å²) in [6.45, 7) is 0. The van der Waals surface area contributed by atoms with Crippen LogP contribution in [0.3, 0.4) is 0 Å². The number of rotatable bonds is 2. The van der Waals surface area contributed by atoms with Crippen molar-refractivity contribution < 1.29 is 14.7 Å². The topological polar surface area (TPSA) is 59.3 Å². The van der Waals surface area contributed by atoms with Crippen molar-refractivity contribution in [1.29, 1.82) is 0 Å². The van der Waals surface area contributed by atoms with Crippen molar-refractivity contribution in [1.82, 2.24) is 4.57 Å². The molecule has 0 bridgehead atoms. The molecule has 1 heterocycles. The Bertz CT molecular complexity index is 803. The summed E-state index contributed by atoms with van der Waals surface area (Å²) in [6.07, 6.45) is 1.60. The lowest BCUT2D eigenvalue weighted by Gasteiger charge is -2.04. The second kappa shape index (κ2) is 4.66. The molecule has 0 aliphatic heterocycles. The maximum Gasteiger partial charge on any atom is 0.336 e. The first-order chi connectivity index (χ1) is 9.68. The molecule has 0 fully saturated rings. The van der Waals surface area contributed by atoms with Gasteiger partial charge in [-0.2, -0.15) is 0 Å². The van der Waals surface area contributed by atoms with Crippen molar-refractivity contribution >= 4 is 22.8 Å². The highest BCUT2D eigenvalue weighted by molar-refractivity contribution is 6.07. The second-order valence-corrected chi connectivity index (χ2v) is 4.40. The minimum atomic E-state index is -1.000. The van der Waals surface area contributed by atoms with E-state index < -0.39 is 5.97 Å². The van der Waals surface area contributed by atoms with E-state index in [0.29, 0.717) is 16.5 Å². The number of nitrogens with zero attached hydrogens (tertiary/aromatic N) is 1. The normalized spacial score (nSPS) is 10.6. The van der Waals surface area contributed by atoms with E-state index in [1.807, 2.05) is 6.07 Å². The Balaban J connectivity index is 2.17. The van der Waals surface area contributed by atoms with Gasteiger partial charge in [-0.3, -0.25) is 9.36 Å². The number of carbonyl (C=O) groups excluding carboxylic acids is 1. The Morgan fingerprint density at radius 3 is 2.35 bits per heavy atom. The molecule has 0 atom stereocenters. The zero-order valence-corrected chi connectivity index (χ0v) is 10.5. The molecule has 0 saturated heterocycles. The van der Waals surface area contributed by atoms with Gasteiger partial charge in [0.15, 0.2) is 0 Å². The van der Waals surface area contributed by atoms with Crippen LogP contribution in [0.4, 0.5) is 0 Å². The maximum absolute atomic E-state index is 12.4. The lowest BCUT2D eigenvalue weighted by atomic mass is 10.1. The number of aromatic carboxylic acids is 1. The standard InChI is InChI=1S/C16H11NO3/c18-15(11-5-2-1-3-6-11)17-10-9-12-13(16(19)20)7-4-8-14(12)17/h1-10H,(H,19,20). The predicted octanol–water partition coefficient (Wildman–Crippen LogP) is 3.03. The Labute approximate surface area is 114 Å². The molecule has 20 heavy (non-hydrogen) atoms. The van der Waals surface area contributed by atoms with Gasteiger partial charge in [-0.05, 0) is 30.3 Å². The van der Waals surface area contributed by atoms with Crippen LogP contribution in [0.2, 0.25) is 0 Å². The average molecular weight is 265 g/mol. The van der Waals surface area contributed by atoms with Crippen molar-refractivity contribution in [3.63, 3.8) is 0 Å². The molecule has 2 aromatic carbocycles. The van der Waals surface area contributed by atoms with Crippen LogP contribution in [0.25, 0.3) is 10.9 Å². The number of fused-ring (bicyclic) bond motifs is 1. The van der Waals surface area contributed by atoms with E-state index in [1.165, 1.54) is 10.6 Å². The van der Waals surface area contributed by atoms with Gasteiger partial charge >= 0.3 is 5.97 Å². The molecule has 0 amide bonds. The van der Waals surface area contributed by atoms with Crippen molar-refractivity contribution in [3.05, 3.63) is 71.9 Å². The van der Waals surface area contributed by atoms with Gasteiger partial charge in [-0.15, -0.1) is 0 Å². The fourth-order valence-electron chi connectivity index (χ4n) is 2.25. The molecule has 0 saturated carbocycles. The van der Waals surface area contributed by atoms with Crippen LogP contribution in [0.1, 0.15) is 20.7 Å². The second-order valence-electron chi connectivity index (χ2n) is 4.40. The lowest BCUT2D eigenvalue weighted by Crippen LogP contribution is -2.10. The summed E-state index contributed by atoms with van der Waals surface area (Å²) in [7, 11) is 0. The fourth-order valence-corrected chi connectivity index (χ4v) is 2.25.